The molecule has 2 nitrogen and oxygen atoms in total. The Morgan fingerprint density at radius 2 is 1.47 bits per heavy atom. The number of likely N-dealkylation sites (N-methyl/N-ethyl adjacent to an activating group) is 1. The molecule has 2 heteroatoms. The first-order chi connectivity index (χ1) is 6.96. The van der Waals surface area contributed by atoms with Crippen LogP contribution in [0, 0.1) is 0 Å². The maximum atomic E-state index is 2.69. The molecule has 2 aliphatic heterocycles. The van der Waals surface area contributed by atoms with Gasteiger partial charge in [-0.05, 0) is 27.7 Å². The molecule has 2 rings (SSSR count). The largest absolute Gasteiger partial charge is 0.317 e. The Bertz CT molecular complexity index is 221. The van der Waals surface area contributed by atoms with Crippen LogP contribution in [0.5, 0.6) is 0 Å². The van der Waals surface area contributed by atoms with Gasteiger partial charge in [-0.3, -0.25) is 4.90 Å². The van der Waals surface area contributed by atoms with E-state index in [2.05, 4.69) is 39.6 Å². The summed E-state index contributed by atoms with van der Waals surface area (Å²) >= 11 is 0. The zero-order valence-corrected chi connectivity index (χ0v) is 11.0. The van der Waals surface area contributed by atoms with Crippen molar-refractivity contribution in [1.29, 1.82) is 0 Å². The second-order valence-electron chi connectivity index (χ2n) is 6.25. The summed E-state index contributed by atoms with van der Waals surface area (Å²) in [6.07, 6.45) is 2.89. The normalized spacial score (nSPS) is 41.8. The highest BCUT2D eigenvalue weighted by Gasteiger charge is 2.52. The van der Waals surface area contributed by atoms with Crippen molar-refractivity contribution in [2.24, 2.45) is 0 Å². The molecular weight excluding hydrogens is 184 g/mol. The molecule has 0 saturated carbocycles. The first kappa shape index (κ1) is 11.4. The molecule has 2 aliphatic rings. The van der Waals surface area contributed by atoms with Crippen molar-refractivity contribution in [3.8, 4) is 0 Å². The summed E-state index contributed by atoms with van der Waals surface area (Å²) in [4.78, 5) is 2.69. The van der Waals surface area contributed by atoms with Crippen molar-refractivity contribution < 1.29 is 4.48 Å². The average molecular weight is 211 g/mol. The van der Waals surface area contributed by atoms with Crippen molar-refractivity contribution >= 4 is 0 Å². The molecule has 0 spiro atoms. The fourth-order valence-corrected chi connectivity index (χ4v) is 3.65. The van der Waals surface area contributed by atoms with Crippen molar-refractivity contribution in [3.05, 3.63) is 0 Å². The van der Waals surface area contributed by atoms with E-state index in [-0.39, 0.29) is 0 Å². The molecule has 0 N–H and O–H groups in total. The molecule has 15 heavy (non-hydrogen) atoms. The molecule has 0 amide bonds. The standard InChI is InChI=1S/C13H27N2/c1-10(2)14-8-12-6-7-13(9-14)15(12,5)11(3)4/h10-13H,6-9H2,1-5H3/q+1/t12-,13+,15?. The van der Waals surface area contributed by atoms with Gasteiger partial charge in [-0.1, -0.05) is 0 Å². The number of likely N-dealkylation sites (tertiary alicyclic amines) is 1. The van der Waals surface area contributed by atoms with Crippen LogP contribution >= 0.6 is 0 Å². The first-order valence-electron chi connectivity index (χ1n) is 6.55. The Balaban J connectivity index is 2.16. The lowest BCUT2D eigenvalue weighted by Gasteiger charge is -2.51. The van der Waals surface area contributed by atoms with Crippen LogP contribution in [-0.4, -0.2) is 53.7 Å². The molecule has 0 aromatic rings. The third kappa shape index (κ3) is 1.62. The van der Waals surface area contributed by atoms with Crippen molar-refractivity contribution in [3.63, 3.8) is 0 Å². The van der Waals surface area contributed by atoms with Gasteiger partial charge < -0.3 is 4.48 Å². The van der Waals surface area contributed by atoms with E-state index in [1.54, 1.807) is 0 Å². The van der Waals surface area contributed by atoms with Crippen LogP contribution in [0.4, 0.5) is 0 Å². The fraction of sp³-hybridized carbons (Fsp3) is 1.00. The molecule has 3 atom stereocenters. The van der Waals surface area contributed by atoms with E-state index in [1.165, 1.54) is 30.4 Å². The Labute approximate surface area is 94.8 Å². The predicted octanol–water partition coefficient (Wildman–Crippen LogP) is 2.10. The van der Waals surface area contributed by atoms with Crippen LogP contribution in [0.25, 0.3) is 0 Å². The minimum absolute atomic E-state index is 0.731. The summed E-state index contributed by atoms with van der Waals surface area (Å²) in [6.45, 7) is 12.1. The molecule has 0 aliphatic carbocycles. The summed E-state index contributed by atoms with van der Waals surface area (Å²) in [5, 5.41) is 0. The van der Waals surface area contributed by atoms with Crippen molar-refractivity contribution in [1.82, 2.24) is 4.90 Å². The van der Waals surface area contributed by atoms with E-state index < -0.39 is 0 Å². The Kier molecular flexibility index (Phi) is 2.85. The lowest BCUT2D eigenvalue weighted by Crippen LogP contribution is -2.67. The molecule has 2 bridgehead atoms. The van der Waals surface area contributed by atoms with Gasteiger partial charge >= 0.3 is 0 Å². The minimum atomic E-state index is 0.731. The van der Waals surface area contributed by atoms with Crippen LogP contribution < -0.4 is 0 Å². The molecular formula is C13H27N2+. The summed E-state index contributed by atoms with van der Waals surface area (Å²) < 4.78 is 1.34. The SMILES string of the molecule is CC(C)N1C[C@H]2CC[C@@H](C1)[N+]2(C)C(C)C. The molecule has 2 saturated heterocycles. The monoisotopic (exact) mass is 211 g/mol. The zero-order valence-electron chi connectivity index (χ0n) is 11.0. The number of piperazine rings is 1. The summed E-state index contributed by atoms with van der Waals surface area (Å²) in [7, 11) is 2.49. The molecule has 0 aromatic heterocycles. The van der Waals surface area contributed by atoms with Crippen LogP contribution in [0.15, 0.2) is 0 Å². The van der Waals surface area contributed by atoms with E-state index in [4.69, 9.17) is 0 Å². The van der Waals surface area contributed by atoms with Gasteiger partial charge in [0.15, 0.2) is 0 Å². The van der Waals surface area contributed by atoms with Crippen molar-refractivity contribution in [2.45, 2.75) is 64.7 Å². The predicted molar refractivity (Wildman–Crippen MR) is 64.8 cm³/mol. The fourth-order valence-electron chi connectivity index (χ4n) is 3.65. The summed E-state index contributed by atoms with van der Waals surface area (Å²) in [5.41, 5.74) is 0. The van der Waals surface area contributed by atoms with Gasteiger partial charge in [0.25, 0.3) is 0 Å². The van der Waals surface area contributed by atoms with E-state index in [0.29, 0.717) is 0 Å². The van der Waals surface area contributed by atoms with Gasteiger partial charge in [0.2, 0.25) is 0 Å². The van der Waals surface area contributed by atoms with Crippen LogP contribution in [0.1, 0.15) is 40.5 Å². The van der Waals surface area contributed by atoms with Crippen LogP contribution in [0.2, 0.25) is 0 Å². The average Bonchev–Trinajstić information content (AvgIpc) is 2.39. The van der Waals surface area contributed by atoms with Gasteiger partial charge in [-0.25, -0.2) is 0 Å². The smallest absolute Gasteiger partial charge is 0.102 e. The number of fused-ring (bicyclic) bond motifs is 2. The van der Waals surface area contributed by atoms with Gasteiger partial charge in [-0.2, -0.15) is 0 Å². The number of hydrogen-bond donors (Lipinski definition) is 0. The van der Waals surface area contributed by atoms with E-state index in [1.807, 2.05) is 0 Å². The Morgan fingerprint density at radius 1 is 1.00 bits per heavy atom. The second-order valence-corrected chi connectivity index (χ2v) is 6.25. The molecule has 1 unspecified atom stereocenters. The summed E-state index contributed by atoms with van der Waals surface area (Å²) in [5.74, 6) is 0. The lowest BCUT2D eigenvalue weighted by molar-refractivity contribution is -0.966. The van der Waals surface area contributed by atoms with Crippen molar-refractivity contribution in [2.75, 3.05) is 20.1 Å². The topological polar surface area (TPSA) is 3.24 Å². The number of hydrogen-bond acceptors (Lipinski definition) is 1. The third-order valence-corrected chi connectivity index (χ3v) is 5.14. The quantitative estimate of drug-likeness (QED) is 0.632. The highest BCUT2D eigenvalue weighted by atomic mass is 15.5. The molecule has 2 fully saturated rings. The van der Waals surface area contributed by atoms with Gasteiger partial charge in [0.05, 0.1) is 26.2 Å². The number of nitrogens with zero attached hydrogens (tertiary/aromatic N) is 2. The maximum Gasteiger partial charge on any atom is 0.102 e. The first-order valence-corrected chi connectivity index (χ1v) is 6.55. The summed E-state index contributed by atoms with van der Waals surface area (Å²) in [6, 6.07) is 3.31. The van der Waals surface area contributed by atoms with E-state index in [0.717, 1.165) is 24.2 Å². The highest BCUT2D eigenvalue weighted by Crippen LogP contribution is 2.38. The lowest BCUT2D eigenvalue weighted by atomic mass is 10.1. The Hall–Kier alpha value is -0.0800. The van der Waals surface area contributed by atoms with Crippen LogP contribution in [-0.2, 0) is 0 Å². The molecule has 0 aromatic carbocycles. The Morgan fingerprint density at radius 3 is 1.80 bits per heavy atom. The highest BCUT2D eigenvalue weighted by molar-refractivity contribution is 4.88. The molecule has 0 radical (unpaired) electrons. The van der Waals surface area contributed by atoms with E-state index >= 15 is 0 Å². The minimum Gasteiger partial charge on any atom is -0.317 e. The van der Waals surface area contributed by atoms with E-state index in [9.17, 15) is 0 Å². The van der Waals surface area contributed by atoms with Gasteiger partial charge in [0, 0.05) is 18.9 Å². The molecule has 2 heterocycles. The maximum absolute atomic E-state index is 2.69. The number of quaternary nitrogens is 1. The third-order valence-electron chi connectivity index (χ3n) is 5.14. The zero-order chi connectivity index (χ0) is 11.2. The van der Waals surface area contributed by atoms with Gasteiger partial charge in [0.1, 0.15) is 12.1 Å². The number of rotatable bonds is 2. The van der Waals surface area contributed by atoms with Gasteiger partial charge in [-0.15, -0.1) is 0 Å². The second kappa shape index (κ2) is 3.74. The molecule has 88 valence electrons. The van der Waals surface area contributed by atoms with Crippen LogP contribution in [0.3, 0.4) is 0 Å².